The number of aromatic nitrogens is 1. The molecule has 14 heteroatoms. The second-order valence-electron chi connectivity index (χ2n) is 10.3. The molecule has 4 aromatic carbocycles. The summed E-state index contributed by atoms with van der Waals surface area (Å²) >= 11 is 6.40. The van der Waals surface area contributed by atoms with E-state index in [2.05, 4.69) is 15.5 Å². The minimum absolute atomic E-state index is 0.0824. The number of para-hydroxylation sites is 1. The molecule has 5 rings (SSSR count). The number of esters is 2. The summed E-state index contributed by atoms with van der Waals surface area (Å²) in [6, 6.07) is 18.8. The van der Waals surface area contributed by atoms with Gasteiger partial charge in [0.15, 0.2) is 23.0 Å². The molecule has 0 unspecified atom stereocenters. The Morgan fingerprint density at radius 3 is 2.35 bits per heavy atom. The van der Waals surface area contributed by atoms with Crippen LogP contribution in [0.3, 0.4) is 0 Å². The number of carbonyl (C=O) groups is 3. The molecule has 0 saturated heterocycles. The highest BCUT2D eigenvalue weighted by Gasteiger charge is 2.35. The largest absolute Gasteiger partial charge is 0.493 e. The summed E-state index contributed by atoms with van der Waals surface area (Å²) in [6.45, 7) is 3.18. The Kier molecular flexibility index (Phi) is 10.2. The van der Waals surface area contributed by atoms with Crippen molar-refractivity contribution in [3.05, 3.63) is 106 Å². The summed E-state index contributed by atoms with van der Waals surface area (Å²) in [5, 5.41) is 4.38. The monoisotopic (exact) mass is 693 g/mol. The predicted molar refractivity (Wildman–Crippen MR) is 176 cm³/mol. The Labute approximate surface area is 282 Å². The lowest BCUT2D eigenvalue weighted by Crippen LogP contribution is -2.19. The summed E-state index contributed by atoms with van der Waals surface area (Å²) in [5.74, 6) is -1.57. The Morgan fingerprint density at radius 2 is 1.65 bits per heavy atom. The number of nitrogens with zero attached hydrogens (tertiary/aromatic N) is 1. The van der Waals surface area contributed by atoms with Crippen LogP contribution >= 0.6 is 11.6 Å². The quantitative estimate of drug-likeness (QED) is 0.0661. The van der Waals surface area contributed by atoms with Crippen molar-refractivity contribution < 1.29 is 46.5 Å². The van der Waals surface area contributed by atoms with Gasteiger partial charge in [-0.25, -0.2) is 10.2 Å². The van der Waals surface area contributed by atoms with Crippen molar-refractivity contribution in [2.75, 3.05) is 13.7 Å². The smallest absolute Gasteiger partial charge is 0.418 e. The van der Waals surface area contributed by atoms with Crippen LogP contribution in [0, 0.1) is 0 Å². The van der Waals surface area contributed by atoms with Crippen molar-refractivity contribution in [2.24, 2.45) is 5.10 Å². The molecule has 0 bridgehead atoms. The summed E-state index contributed by atoms with van der Waals surface area (Å²) in [4.78, 5) is 40.3. The van der Waals surface area contributed by atoms with Crippen LogP contribution in [0.2, 0.25) is 5.02 Å². The first-order chi connectivity index (χ1) is 23.4. The van der Waals surface area contributed by atoms with Crippen molar-refractivity contribution >= 4 is 46.6 Å². The molecule has 0 aliphatic rings. The highest BCUT2D eigenvalue weighted by molar-refractivity contribution is 6.34. The molecule has 49 heavy (non-hydrogen) atoms. The number of aromatic amines is 1. The van der Waals surface area contributed by atoms with E-state index in [1.807, 2.05) is 0 Å². The molecule has 0 saturated carbocycles. The number of H-pyrrole nitrogens is 1. The number of rotatable bonds is 10. The van der Waals surface area contributed by atoms with Gasteiger partial charge in [-0.15, -0.1) is 0 Å². The lowest BCUT2D eigenvalue weighted by atomic mass is 10.00. The zero-order valence-electron chi connectivity index (χ0n) is 26.1. The molecule has 0 fully saturated rings. The van der Waals surface area contributed by atoms with Crippen LogP contribution in [-0.4, -0.2) is 42.8 Å². The molecule has 0 spiro atoms. The van der Waals surface area contributed by atoms with Crippen LogP contribution in [0.4, 0.5) is 13.2 Å². The van der Waals surface area contributed by atoms with E-state index in [9.17, 15) is 27.6 Å². The van der Waals surface area contributed by atoms with Crippen LogP contribution in [0.1, 0.15) is 45.8 Å². The SMILES string of the molecule is CCOc1cc(C=NNC(=O)c2[nH]c3c(C(F)(F)F)cccc3c2-c2ccccc2Cl)ccc1OC(=O)c1ccc(OC(C)=O)c(OC)c1. The molecule has 0 aliphatic heterocycles. The summed E-state index contributed by atoms with van der Waals surface area (Å²) in [7, 11) is 1.36. The second-order valence-corrected chi connectivity index (χ2v) is 10.7. The van der Waals surface area contributed by atoms with Gasteiger partial charge in [0.05, 0.1) is 36.6 Å². The fourth-order valence-corrected chi connectivity index (χ4v) is 5.17. The van der Waals surface area contributed by atoms with E-state index < -0.39 is 29.6 Å². The molecular weight excluding hydrogens is 667 g/mol. The van der Waals surface area contributed by atoms with E-state index in [1.165, 1.54) is 62.7 Å². The first kappa shape index (κ1) is 34.5. The van der Waals surface area contributed by atoms with Crippen LogP contribution in [0.5, 0.6) is 23.0 Å². The van der Waals surface area contributed by atoms with Crippen LogP contribution in [-0.2, 0) is 11.0 Å². The maximum atomic E-state index is 13.9. The van der Waals surface area contributed by atoms with E-state index in [0.29, 0.717) is 11.1 Å². The van der Waals surface area contributed by atoms with Gasteiger partial charge in [-0.2, -0.15) is 18.3 Å². The van der Waals surface area contributed by atoms with Crippen molar-refractivity contribution in [2.45, 2.75) is 20.0 Å². The van der Waals surface area contributed by atoms with Gasteiger partial charge in [-0.3, -0.25) is 9.59 Å². The van der Waals surface area contributed by atoms with Gasteiger partial charge >= 0.3 is 18.1 Å². The topological polar surface area (TPSA) is 128 Å². The molecule has 0 aliphatic carbocycles. The molecule has 1 aromatic heterocycles. The maximum Gasteiger partial charge on any atom is 0.418 e. The fourth-order valence-electron chi connectivity index (χ4n) is 4.94. The summed E-state index contributed by atoms with van der Waals surface area (Å²) in [5.41, 5.74) is 2.04. The minimum atomic E-state index is -4.69. The number of hydrogen-bond acceptors (Lipinski definition) is 8. The number of halogens is 4. The van der Waals surface area contributed by atoms with E-state index in [1.54, 1.807) is 37.3 Å². The maximum absolute atomic E-state index is 13.9. The van der Waals surface area contributed by atoms with Gasteiger partial charge in [0.1, 0.15) is 5.69 Å². The Balaban J connectivity index is 1.39. The molecule has 252 valence electrons. The predicted octanol–water partition coefficient (Wildman–Crippen LogP) is 7.82. The Morgan fingerprint density at radius 1 is 0.918 bits per heavy atom. The average molecular weight is 694 g/mol. The molecule has 10 nitrogen and oxygen atoms in total. The third-order valence-corrected chi connectivity index (χ3v) is 7.34. The molecular formula is C35H27ClF3N3O7. The number of fused-ring (bicyclic) bond motifs is 1. The van der Waals surface area contributed by atoms with Crippen molar-refractivity contribution in [1.82, 2.24) is 10.4 Å². The van der Waals surface area contributed by atoms with E-state index >= 15 is 0 Å². The molecule has 1 amide bonds. The van der Waals surface area contributed by atoms with Gasteiger partial charge in [-0.05, 0) is 61.0 Å². The van der Waals surface area contributed by atoms with Crippen LogP contribution in [0.25, 0.3) is 22.0 Å². The Bertz CT molecular complexity index is 2090. The van der Waals surface area contributed by atoms with Gasteiger partial charge in [0.25, 0.3) is 5.91 Å². The standard InChI is InChI=1S/C35H27ClF3N3O7/c1-4-47-29-16-20(12-14-27(29)49-34(45)21-13-15-26(48-19(2)43)28(17-21)46-3)18-40-42-33(44)32-30(22-8-5-6-11-25(22)36)23-9-7-10-24(31(23)41-32)35(37,38)39/h5-18,41H,4H2,1-3H3,(H,42,44). The zero-order chi connectivity index (χ0) is 35.3. The first-order valence-electron chi connectivity index (χ1n) is 14.6. The van der Waals surface area contributed by atoms with Gasteiger partial charge in [0.2, 0.25) is 0 Å². The molecule has 1 heterocycles. The second kappa shape index (κ2) is 14.5. The highest BCUT2D eigenvalue weighted by Crippen LogP contribution is 2.41. The number of methoxy groups -OCH3 is 1. The number of hydrazone groups is 1. The van der Waals surface area contributed by atoms with Gasteiger partial charge < -0.3 is 23.9 Å². The number of ether oxygens (including phenoxy) is 4. The molecule has 2 N–H and O–H groups in total. The number of amides is 1. The average Bonchev–Trinajstić information content (AvgIpc) is 3.45. The van der Waals surface area contributed by atoms with Gasteiger partial charge in [0, 0.05) is 28.5 Å². The lowest BCUT2D eigenvalue weighted by Gasteiger charge is -2.13. The molecule has 0 radical (unpaired) electrons. The third kappa shape index (κ3) is 7.68. The van der Waals surface area contributed by atoms with E-state index in [-0.39, 0.29) is 62.4 Å². The fraction of sp³-hybridized carbons (Fsp3) is 0.143. The normalized spacial score (nSPS) is 11.4. The molecule has 5 aromatic rings. The summed E-state index contributed by atoms with van der Waals surface area (Å²) in [6.07, 6.45) is -3.40. The van der Waals surface area contributed by atoms with E-state index in [4.69, 9.17) is 30.5 Å². The van der Waals surface area contributed by atoms with Crippen molar-refractivity contribution in [1.29, 1.82) is 0 Å². The van der Waals surface area contributed by atoms with Crippen LogP contribution < -0.4 is 24.4 Å². The van der Waals surface area contributed by atoms with Crippen molar-refractivity contribution in [3.63, 3.8) is 0 Å². The summed E-state index contributed by atoms with van der Waals surface area (Å²) < 4.78 is 63.1. The number of nitrogens with one attached hydrogen (secondary N) is 2. The number of hydrogen-bond donors (Lipinski definition) is 2. The van der Waals surface area contributed by atoms with E-state index in [0.717, 1.165) is 6.07 Å². The zero-order valence-corrected chi connectivity index (χ0v) is 26.9. The van der Waals surface area contributed by atoms with Gasteiger partial charge in [-0.1, -0.05) is 41.9 Å². The minimum Gasteiger partial charge on any atom is -0.493 e. The first-order valence-corrected chi connectivity index (χ1v) is 14.9. The molecule has 0 atom stereocenters. The third-order valence-electron chi connectivity index (χ3n) is 7.01. The van der Waals surface area contributed by atoms with Crippen molar-refractivity contribution in [3.8, 4) is 34.1 Å². The lowest BCUT2D eigenvalue weighted by molar-refractivity contribution is -0.136. The number of alkyl halides is 3. The highest BCUT2D eigenvalue weighted by atomic mass is 35.5. The number of carbonyl (C=O) groups excluding carboxylic acids is 3. The Hall–Kier alpha value is -5.82. The van der Waals surface area contributed by atoms with Crippen LogP contribution in [0.15, 0.2) is 84.0 Å². The number of benzene rings is 4.